The van der Waals surface area contributed by atoms with Gasteiger partial charge in [0.15, 0.2) is 0 Å². The number of alkyl halides is 3. The fourth-order valence-electron chi connectivity index (χ4n) is 2.27. The molecule has 3 nitrogen and oxygen atoms in total. The van der Waals surface area contributed by atoms with Gasteiger partial charge in [-0.1, -0.05) is 19.1 Å². The Morgan fingerprint density at radius 3 is 2.67 bits per heavy atom. The fourth-order valence-corrected chi connectivity index (χ4v) is 2.27. The van der Waals surface area contributed by atoms with Crippen molar-refractivity contribution >= 4 is 5.69 Å². The van der Waals surface area contributed by atoms with Crippen LogP contribution in [0.4, 0.5) is 18.9 Å². The van der Waals surface area contributed by atoms with Gasteiger partial charge in [0, 0.05) is 25.1 Å². The SMILES string of the molecule is CCC(Nc1cccc(CC(F)(F)F)c1)c1nccn1C. The third-order valence-corrected chi connectivity index (χ3v) is 3.25. The number of nitrogens with one attached hydrogen (secondary N) is 1. The van der Waals surface area contributed by atoms with Gasteiger partial charge in [-0.05, 0) is 24.1 Å². The molecule has 1 aromatic carbocycles. The maximum atomic E-state index is 12.4. The van der Waals surface area contributed by atoms with Crippen molar-refractivity contribution in [1.29, 1.82) is 0 Å². The molecule has 1 unspecified atom stereocenters. The second-order valence-corrected chi connectivity index (χ2v) is 4.99. The number of anilines is 1. The van der Waals surface area contributed by atoms with Crippen LogP contribution in [0.2, 0.25) is 0 Å². The van der Waals surface area contributed by atoms with Crippen LogP contribution in [0.5, 0.6) is 0 Å². The molecule has 2 rings (SSSR count). The zero-order valence-electron chi connectivity index (χ0n) is 12.0. The molecule has 0 bridgehead atoms. The summed E-state index contributed by atoms with van der Waals surface area (Å²) < 4.78 is 39.2. The second-order valence-electron chi connectivity index (χ2n) is 4.99. The van der Waals surface area contributed by atoms with E-state index in [0.717, 1.165) is 12.2 Å². The summed E-state index contributed by atoms with van der Waals surface area (Å²) in [7, 11) is 1.90. The summed E-state index contributed by atoms with van der Waals surface area (Å²) in [6.45, 7) is 2.01. The highest BCUT2D eigenvalue weighted by Gasteiger charge is 2.27. The highest BCUT2D eigenvalue weighted by atomic mass is 19.4. The zero-order chi connectivity index (χ0) is 15.5. The van der Waals surface area contributed by atoms with Crippen molar-refractivity contribution in [3.05, 3.63) is 48.0 Å². The first-order valence-corrected chi connectivity index (χ1v) is 6.78. The normalized spacial score (nSPS) is 13.2. The lowest BCUT2D eigenvalue weighted by Crippen LogP contribution is -2.15. The van der Waals surface area contributed by atoms with E-state index in [1.54, 1.807) is 24.4 Å². The molecule has 0 spiro atoms. The standard InChI is InChI=1S/C15H18F3N3/c1-3-13(14-19-7-8-21(14)2)20-12-6-4-5-11(9-12)10-15(16,17)18/h4-9,13,20H,3,10H2,1-2H3. The summed E-state index contributed by atoms with van der Waals surface area (Å²) in [4.78, 5) is 4.29. The van der Waals surface area contributed by atoms with Gasteiger partial charge in [-0.2, -0.15) is 13.2 Å². The summed E-state index contributed by atoms with van der Waals surface area (Å²) in [5, 5.41) is 3.25. The molecule has 2 aromatic rings. The Morgan fingerprint density at radius 1 is 1.33 bits per heavy atom. The van der Waals surface area contributed by atoms with Gasteiger partial charge in [0.2, 0.25) is 0 Å². The van der Waals surface area contributed by atoms with E-state index in [1.165, 1.54) is 6.07 Å². The molecule has 1 aromatic heterocycles. The number of aryl methyl sites for hydroxylation is 1. The van der Waals surface area contributed by atoms with Crippen LogP contribution in [0.1, 0.15) is 30.8 Å². The van der Waals surface area contributed by atoms with Gasteiger partial charge in [0.25, 0.3) is 0 Å². The minimum Gasteiger partial charge on any atom is -0.375 e. The van der Waals surface area contributed by atoms with Gasteiger partial charge in [-0.15, -0.1) is 0 Å². The van der Waals surface area contributed by atoms with Crippen LogP contribution in [0.15, 0.2) is 36.7 Å². The molecular formula is C15H18F3N3. The summed E-state index contributed by atoms with van der Waals surface area (Å²) >= 11 is 0. The van der Waals surface area contributed by atoms with Crippen LogP contribution in [0.3, 0.4) is 0 Å². The maximum absolute atomic E-state index is 12.4. The number of halogens is 3. The van der Waals surface area contributed by atoms with Crippen LogP contribution in [-0.4, -0.2) is 15.7 Å². The average molecular weight is 297 g/mol. The highest BCUT2D eigenvalue weighted by molar-refractivity contribution is 5.47. The van der Waals surface area contributed by atoms with Crippen molar-refractivity contribution in [2.75, 3.05) is 5.32 Å². The zero-order valence-corrected chi connectivity index (χ0v) is 12.0. The Balaban J connectivity index is 2.15. The Hall–Kier alpha value is -1.98. The van der Waals surface area contributed by atoms with Crippen molar-refractivity contribution in [3.8, 4) is 0 Å². The van der Waals surface area contributed by atoms with Gasteiger partial charge in [-0.25, -0.2) is 4.98 Å². The molecule has 21 heavy (non-hydrogen) atoms. The van der Waals surface area contributed by atoms with Crippen molar-refractivity contribution < 1.29 is 13.2 Å². The monoisotopic (exact) mass is 297 g/mol. The van der Waals surface area contributed by atoms with Crippen molar-refractivity contribution in [2.45, 2.75) is 32.0 Å². The van der Waals surface area contributed by atoms with E-state index >= 15 is 0 Å². The third-order valence-electron chi connectivity index (χ3n) is 3.25. The molecule has 0 saturated heterocycles. The van der Waals surface area contributed by atoms with Crippen LogP contribution in [-0.2, 0) is 13.5 Å². The highest BCUT2D eigenvalue weighted by Crippen LogP contribution is 2.25. The lowest BCUT2D eigenvalue weighted by molar-refractivity contribution is -0.127. The Labute approximate surface area is 121 Å². The smallest absolute Gasteiger partial charge is 0.375 e. The molecule has 0 aliphatic carbocycles. The first-order chi connectivity index (χ1) is 9.89. The van der Waals surface area contributed by atoms with Gasteiger partial charge in [0.1, 0.15) is 5.82 Å². The molecule has 0 aliphatic rings. The molecule has 1 N–H and O–H groups in total. The minimum absolute atomic E-state index is 0.0360. The number of hydrogen-bond acceptors (Lipinski definition) is 2. The Kier molecular flexibility index (Phi) is 4.55. The topological polar surface area (TPSA) is 29.9 Å². The van der Waals surface area contributed by atoms with Crippen molar-refractivity contribution in [1.82, 2.24) is 9.55 Å². The molecular weight excluding hydrogens is 279 g/mol. The van der Waals surface area contributed by atoms with Crippen molar-refractivity contribution in [3.63, 3.8) is 0 Å². The van der Waals surface area contributed by atoms with Crippen LogP contribution in [0, 0.1) is 0 Å². The van der Waals surface area contributed by atoms with E-state index < -0.39 is 12.6 Å². The minimum atomic E-state index is -4.19. The number of imidazole rings is 1. The molecule has 114 valence electrons. The molecule has 1 atom stereocenters. The summed E-state index contributed by atoms with van der Waals surface area (Å²) in [6, 6.07) is 6.39. The molecule has 6 heteroatoms. The van der Waals surface area contributed by atoms with E-state index in [1.807, 2.05) is 24.7 Å². The van der Waals surface area contributed by atoms with Gasteiger partial charge >= 0.3 is 6.18 Å². The lowest BCUT2D eigenvalue weighted by Gasteiger charge is -2.18. The molecule has 0 saturated carbocycles. The lowest BCUT2D eigenvalue weighted by atomic mass is 10.1. The number of hydrogen-bond donors (Lipinski definition) is 1. The van der Waals surface area contributed by atoms with E-state index in [4.69, 9.17) is 0 Å². The van der Waals surface area contributed by atoms with Crippen molar-refractivity contribution in [2.24, 2.45) is 7.05 Å². The molecule has 0 aliphatic heterocycles. The van der Waals surface area contributed by atoms with Crippen LogP contribution in [0.25, 0.3) is 0 Å². The number of aromatic nitrogens is 2. The summed E-state index contributed by atoms with van der Waals surface area (Å²) in [6.07, 6.45) is -0.766. The number of benzene rings is 1. The molecule has 1 heterocycles. The second kappa shape index (κ2) is 6.20. The maximum Gasteiger partial charge on any atom is 0.393 e. The van der Waals surface area contributed by atoms with E-state index in [-0.39, 0.29) is 11.6 Å². The van der Waals surface area contributed by atoms with Gasteiger partial charge in [-0.3, -0.25) is 0 Å². The predicted octanol–water partition coefficient (Wildman–Crippen LogP) is 4.09. The van der Waals surface area contributed by atoms with Crippen LogP contribution >= 0.6 is 0 Å². The van der Waals surface area contributed by atoms with E-state index in [9.17, 15) is 13.2 Å². The number of nitrogens with zero attached hydrogens (tertiary/aromatic N) is 2. The quantitative estimate of drug-likeness (QED) is 0.901. The van der Waals surface area contributed by atoms with Gasteiger partial charge in [0.05, 0.1) is 12.5 Å². The van der Waals surface area contributed by atoms with E-state index in [0.29, 0.717) is 5.69 Å². The summed E-state index contributed by atoms with van der Waals surface area (Å²) in [5.41, 5.74) is 0.925. The predicted molar refractivity (Wildman–Crippen MR) is 76.1 cm³/mol. The first-order valence-electron chi connectivity index (χ1n) is 6.78. The summed E-state index contributed by atoms with van der Waals surface area (Å²) in [5.74, 6) is 0.860. The van der Waals surface area contributed by atoms with E-state index in [2.05, 4.69) is 10.3 Å². The first kappa shape index (κ1) is 15.4. The third kappa shape index (κ3) is 4.24. The Morgan fingerprint density at radius 2 is 2.10 bits per heavy atom. The molecule has 0 fully saturated rings. The van der Waals surface area contributed by atoms with Crippen LogP contribution < -0.4 is 5.32 Å². The van der Waals surface area contributed by atoms with Gasteiger partial charge < -0.3 is 9.88 Å². The largest absolute Gasteiger partial charge is 0.393 e. The number of rotatable bonds is 5. The fraction of sp³-hybridized carbons (Fsp3) is 0.400. The Bertz CT molecular complexity index is 590. The molecule has 0 radical (unpaired) electrons. The molecule has 0 amide bonds. The average Bonchev–Trinajstić information content (AvgIpc) is 2.80.